The number of nitrogens with one attached hydrogen (secondary N) is 2. The molecular formula is C23H28F3N7O4. The molecule has 0 bridgehead atoms. The largest absolute Gasteiger partial charge is 0.423 e. The summed E-state index contributed by atoms with van der Waals surface area (Å²) < 4.78 is 50.9. The minimum Gasteiger partial charge on any atom is -0.380 e. The Morgan fingerprint density at radius 2 is 2.00 bits per heavy atom. The van der Waals surface area contributed by atoms with Crippen LogP contribution in [-0.4, -0.2) is 84.6 Å². The number of aromatic nitrogens is 3. The Balaban J connectivity index is 1.49. The zero-order valence-corrected chi connectivity index (χ0v) is 20.4. The van der Waals surface area contributed by atoms with Gasteiger partial charge in [-0.2, -0.15) is 23.5 Å². The lowest BCUT2D eigenvalue weighted by molar-refractivity contribution is -0.138. The van der Waals surface area contributed by atoms with Gasteiger partial charge in [-0.25, -0.2) is 10.1 Å². The van der Waals surface area contributed by atoms with Gasteiger partial charge in [0.05, 0.1) is 49.2 Å². The van der Waals surface area contributed by atoms with Crippen LogP contribution in [-0.2, 0) is 20.4 Å². The highest BCUT2D eigenvalue weighted by atomic mass is 19.4. The number of pyridine rings is 1. The molecule has 200 valence electrons. The molecule has 14 heteroatoms. The number of carbonyl (C=O) groups is 1. The Morgan fingerprint density at radius 1 is 1.27 bits per heavy atom. The molecule has 0 spiro atoms. The van der Waals surface area contributed by atoms with Gasteiger partial charge in [-0.1, -0.05) is 0 Å². The van der Waals surface area contributed by atoms with Crippen molar-refractivity contribution in [3.05, 3.63) is 46.0 Å². The molecule has 2 aromatic rings. The molecule has 37 heavy (non-hydrogen) atoms. The normalized spacial score (nSPS) is 15.7. The summed E-state index contributed by atoms with van der Waals surface area (Å²) in [6.07, 6.45) is -2.96. The van der Waals surface area contributed by atoms with Gasteiger partial charge < -0.3 is 24.6 Å². The summed E-state index contributed by atoms with van der Waals surface area (Å²) in [4.78, 5) is 32.3. The lowest BCUT2D eigenvalue weighted by Crippen LogP contribution is -2.49. The number of H-pyrrole nitrogens is 1. The number of alkyl halides is 3. The predicted molar refractivity (Wildman–Crippen MR) is 127 cm³/mol. The third kappa shape index (κ3) is 7.40. The average molecular weight is 524 g/mol. The average Bonchev–Trinajstić information content (AvgIpc) is 2.89. The van der Waals surface area contributed by atoms with Crippen molar-refractivity contribution in [2.75, 3.05) is 56.7 Å². The first-order valence-corrected chi connectivity index (χ1v) is 11.5. The molecular weight excluding hydrogens is 495 g/mol. The minimum absolute atomic E-state index is 0.0601. The van der Waals surface area contributed by atoms with E-state index in [9.17, 15) is 22.8 Å². The minimum atomic E-state index is -4.88. The molecule has 1 saturated heterocycles. The molecule has 2 unspecified atom stereocenters. The molecule has 1 amide bonds. The van der Waals surface area contributed by atoms with Gasteiger partial charge in [-0.05, 0) is 19.1 Å². The first-order chi connectivity index (χ1) is 17.6. The Morgan fingerprint density at radius 3 is 2.59 bits per heavy atom. The zero-order chi connectivity index (χ0) is 27.0. The van der Waals surface area contributed by atoms with Crippen LogP contribution >= 0.6 is 0 Å². The highest BCUT2D eigenvalue weighted by Gasteiger charge is 2.38. The molecule has 2 N–H and O–H groups in total. The van der Waals surface area contributed by atoms with E-state index in [4.69, 9.17) is 14.7 Å². The van der Waals surface area contributed by atoms with Crippen molar-refractivity contribution in [3.63, 3.8) is 0 Å². The number of hydrogen-bond donors (Lipinski definition) is 2. The number of nitriles is 1. The van der Waals surface area contributed by atoms with Crippen LogP contribution in [0.25, 0.3) is 0 Å². The van der Waals surface area contributed by atoms with Crippen LogP contribution in [0.2, 0.25) is 0 Å². The van der Waals surface area contributed by atoms with Crippen molar-refractivity contribution in [2.45, 2.75) is 31.7 Å². The fourth-order valence-electron chi connectivity index (χ4n) is 3.80. The molecule has 1 fully saturated rings. The number of nitrogens with zero attached hydrogens (tertiary/aromatic N) is 5. The molecule has 2 aromatic heterocycles. The number of piperazine rings is 1. The maximum Gasteiger partial charge on any atom is 0.423 e. The number of hydrogen-bond acceptors (Lipinski definition) is 9. The summed E-state index contributed by atoms with van der Waals surface area (Å²) in [5, 5.41) is 16.8. The third-order valence-corrected chi connectivity index (χ3v) is 6.01. The molecule has 1 aliphatic rings. The summed E-state index contributed by atoms with van der Waals surface area (Å²) in [7, 11) is 1.40. The summed E-state index contributed by atoms with van der Waals surface area (Å²) in [5.41, 5.74) is -2.76. The molecule has 0 aromatic carbocycles. The molecule has 0 saturated carbocycles. The van der Waals surface area contributed by atoms with Crippen LogP contribution in [0.5, 0.6) is 0 Å². The van der Waals surface area contributed by atoms with Gasteiger partial charge in [-0.15, -0.1) is 0 Å². The number of methoxy groups -OCH3 is 1. The second-order valence-corrected chi connectivity index (χ2v) is 8.39. The van der Waals surface area contributed by atoms with E-state index in [0.717, 1.165) is 12.0 Å². The summed E-state index contributed by atoms with van der Waals surface area (Å²) >= 11 is 0. The van der Waals surface area contributed by atoms with Crippen LogP contribution in [0.1, 0.15) is 24.5 Å². The molecule has 2 atom stereocenters. The fourth-order valence-corrected chi connectivity index (χ4v) is 3.80. The van der Waals surface area contributed by atoms with Gasteiger partial charge in [0.15, 0.2) is 0 Å². The van der Waals surface area contributed by atoms with Crippen molar-refractivity contribution in [1.29, 1.82) is 5.26 Å². The lowest BCUT2D eigenvalue weighted by atomic mass is 10.1. The number of anilines is 2. The number of halogens is 3. The summed E-state index contributed by atoms with van der Waals surface area (Å²) in [6.45, 7) is 3.82. The van der Waals surface area contributed by atoms with Crippen molar-refractivity contribution in [2.24, 2.45) is 0 Å². The van der Waals surface area contributed by atoms with Crippen LogP contribution in [0, 0.1) is 11.3 Å². The van der Waals surface area contributed by atoms with Crippen LogP contribution in [0.3, 0.4) is 0 Å². The molecule has 3 rings (SSSR count). The Bertz CT molecular complexity index is 1140. The molecule has 1 aliphatic heterocycles. The number of rotatable bonds is 10. The van der Waals surface area contributed by atoms with Gasteiger partial charge in [-0.3, -0.25) is 9.59 Å². The first kappa shape index (κ1) is 27.9. The topological polar surface area (TPSA) is 136 Å². The summed E-state index contributed by atoms with van der Waals surface area (Å²) in [5.74, 6) is 0.638. The van der Waals surface area contributed by atoms with Gasteiger partial charge >= 0.3 is 6.18 Å². The number of carbonyl (C=O) groups excluding carboxylic acids is 1. The Labute approximate surface area is 211 Å². The standard InChI is InChI=1S/C23H28F3N7O4/c1-15(36-2)18(30-17-13-29-31-22(35)21(17)23(24,25)26)14-37-10-5-20(34)33-8-6-32(7-9-33)19-4-3-16(11-27)12-28-19/h3-4,12-13,15,18H,5-10,14H2,1-2H3,(H2,30,31,35). The smallest absolute Gasteiger partial charge is 0.380 e. The highest BCUT2D eigenvalue weighted by molar-refractivity contribution is 5.76. The maximum absolute atomic E-state index is 13.4. The third-order valence-electron chi connectivity index (χ3n) is 6.01. The van der Waals surface area contributed by atoms with Crippen molar-refractivity contribution in [1.82, 2.24) is 20.1 Å². The van der Waals surface area contributed by atoms with Crippen LogP contribution in [0.15, 0.2) is 29.3 Å². The second-order valence-electron chi connectivity index (χ2n) is 8.39. The van der Waals surface area contributed by atoms with E-state index in [1.54, 1.807) is 29.1 Å². The quantitative estimate of drug-likeness (QED) is 0.445. The zero-order valence-electron chi connectivity index (χ0n) is 20.4. The fraction of sp³-hybridized carbons (Fsp3) is 0.522. The molecule has 0 aliphatic carbocycles. The first-order valence-electron chi connectivity index (χ1n) is 11.5. The number of amides is 1. The highest BCUT2D eigenvalue weighted by Crippen LogP contribution is 2.31. The predicted octanol–water partition coefficient (Wildman–Crippen LogP) is 1.63. The van der Waals surface area contributed by atoms with Crippen LogP contribution in [0.4, 0.5) is 24.7 Å². The van der Waals surface area contributed by atoms with E-state index in [2.05, 4.69) is 15.4 Å². The molecule has 0 radical (unpaired) electrons. The Kier molecular flexibility index (Phi) is 9.42. The number of ether oxygens (including phenoxy) is 2. The van der Waals surface area contributed by atoms with E-state index in [1.165, 1.54) is 13.3 Å². The van der Waals surface area contributed by atoms with Gasteiger partial charge in [0.1, 0.15) is 17.5 Å². The van der Waals surface area contributed by atoms with Crippen LogP contribution < -0.4 is 15.8 Å². The van der Waals surface area contributed by atoms with E-state index in [-0.39, 0.29) is 25.5 Å². The van der Waals surface area contributed by atoms with Gasteiger partial charge in [0.2, 0.25) is 5.91 Å². The van der Waals surface area contributed by atoms with E-state index < -0.39 is 35.1 Å². The Hall–Kier alpha value is -3.70. The lowest BCUT2D eigenvalue weighted by Gasteiger charge is -2.35. The molecule has 11 nitrogen and oxygen atoms in total. The van der Waals surface area contributed by atoms with E-state index in [1.807, 2.05) is 11.0 Å². The molecule has 3 heterocycles. The maximum atomic E-state index is 13.4. The van der Waals surface area contributed by atoms with Crippen molar-refractivity contribution < 1.29 is 27.4 Å². The van der Waals surface area contributed by atoms with Crippen molar-refractivity contribution >= 4 is 17.4 Å². The van der Waals surface area contributed by atoms with Crippen molar-refractivity contribution in [3.8, 4) is 6.07 Å². The van der Waals surface area contributed by atoms with Gasteiger partial charge in [0, 0.05) is 39.5 Å². The van der Waals surface area contributed by atoms with E-state index >= 15 is 0 Å². The van der Waals surface area contributed by atoms with Gasteiger partial charge in [0.25, 0.3) is 5.56 Å². The monoisotopic (exact) mass is 523 g/mol. The SMILES string of the molecule is COC(C)C(COCCC(=O)N1CCN(c2ccc(C#N)cn2)CC1)Nc1cn[nH]c(=O)c1C(F)(F)F. The summed E-state index contributed by atoms with van der Waals surface area (Å²) in [6, 6.07) is 4.75. The second kappa shape index (κ2) is 12.5. The number of aromatic amines is 1. The van der Waals surface area contributed by atoms with E-state index in [0.29, 0.717) is 31.7 Å².